The van der Waals surface area contributed by atoms with Gasteiger partial charge in [0.2, 0.25) is 5.95 Å². The van der Waals surface area contributed by atoms with Gasteiger partial charge < -0.3 is 4.90 Å². The first kappa shape index (κ1) is 14.8. The van der Waals surface area contributed by atoms with Crippen LogP contribution < -0.4 is 16.3 Å². The quantitative estimate of drug-likeness (QED) is 0.811. The highest BCUT2D eigenvalue weighted by atomic mass is 16.2. The summed E-state index contributed by atoms with van der Waals surface area (Å²) in [5.41, 5.74) is -0.691. The molecule has 0 radical (unpaired) electrons. The van der Waals surface area contributed by atoms with Gasteiger partial charge in [-0.15, -0.1) is 0 Å². The molecule has 0 saturated heterocycles. The predicted molar refractivity (Wildman–Crippen MR) is 79.3 cm³/mol. The Bertz CT molecular complexity index is 602. The normalized spacial score (nSPS) is 26.6. The Morgan fingerprint density at radius 1 is 1.20 bits per heavy atom. The lowest BCUT2D eigenvalue weighted by Gasteiger charge is -2.33. The zero-order chi connectivity index (χ0) is 15.0. The average molecular weight is 280 g/mol. The smallest absolute Gasteiger partial charge is 0.348 e. The van der Waals surface area contributed by atoms with Crippen LogP contribution in [0.2, 0.25) is 0 Å². The number of nitrogens with zero attached hydrogens (tertiary/aromatic N) is 4. The van der Waals surface area contributed by atoms with Crippen molar-refractivity contribution in [1.29, 1.82) is 0 Å². The third-order valence-electron chi connectivity index (χ3n) is 4.31. The molecule has 6 heteroatoms. The second-order valence-electron chi connectivity index (χ2n) is 6.26. The SMILES string of the molecule is CC1CCC(n2c(=O)nc(N(C)C)n(C)c2=O)C(C)C1. The first-order chi connectivity index (χ1) is 9.32. The highest BCUT2D eigenvalue weighted by molar-refractivity contribution is 5.25. The van der Waals surface area contributed by atoms with Gasteiger partial charge >= 0.3 is 11.4 Å². The Morgan fingerprint density at radius 3 is 2.40 bits per heavy atom. The molecule has 3 atom stereocenters. The van der Waals surface area contributed by atoms with Gasteiger partial charge in [-0.1, -0.05) is 13.8 Å². The highest BCUT2D eigenvalue weighted by Crippen LogP contribution is 2.35. The molecule has 0 bridgehead atoms. The molecule has 1 fully saturated rings. The Balaban J connectivity index is 2.51. The summed E-state index contributed by atoms with van der Waals surface area (Å²) in [7, 11) is 5.21. The van der Waals surface area contributed by atoms with Gasteiger partial charge in [0.05, 0.1) is 0 Å². The summed E-state index contributed by atoms with van der Waals surface area (Å²) >= 11 is 0. The molecule has 2 rings (SSSR count). The Hall–Kier alpha value is -1.59. The molecule has 0 aliphatic heterocycles. The van der Waals surface area contributed by atoms with Crippen LogP contribution in [0.1, 0.15) is 39.2 Å². The van der Waals surface area contributed by atoms with E-state index in [4.69, 9.17) is 0 Å². The van der Waals surface area contributed by atoms with Crippen LogP contribution in [-0.2, 0) is 7.05 Å². The molecule has 0 aromatic carbocycles. The Morgan fingerprint density at radius 2 is 1.85 bits per heavy atom. The molecular formula is C14H24N4O2. The van der Waals surface area contributed by atoms with Crippen molar-refractivity contribution in [1.82, 2.24) is 14.1 Å². The van der Waals surface area contributed by atoms with E-state index in [1.54, 1.807) is 26.0 Å². The molecule has 0 spiro atoms. The van der Waals surface area contributed by atoms with Crippen LogP contribution in [0.15, 0.2) is 9.59 Å². The van der Waals surface area contributed by atoms with Gasteiger partial charge in [0.1, 0.15) is 0 Å². The number of anilines is 1. The fourth-order valence-corrected chi connectivity index (χ4v) is 3.26. The van der Waals surface area contributed by atoms with Crippen molar-refractivity contribution in [3.05, 3.63) is 21.0 Å². The number of rotatable bonds is 2. The molecule has 0 N–H and O–H groups in total. The van der Waals surface area contributed by atoms with Crippen LogP contribution in [-0.4, -0.2) is 28.2 Å². The fraction of sp³-hybridized carbons (Fsp3) is 0.786. The largest absolute Gasteiger partial charge is 0.355 e. The maximum Gasteiger partial charge on any atom is 0.355 e. The maximum absolute atomic E-state index is 12.5. The summed E-state index contributed by atoms with van der Waals surface area (Å²) < 4.78 is 2.80. The van der Waals surface area contributed by atoms with Crippen LogP contribution in [0.3, 0.4) is 0 Å². The zero-order valence-corrected chi connectivity index (χ0v) is 13.0. The second-order valence-corrected chi connectivity index (χ2v) is 6.26. The van der Waals surface area contributed by atoms with Crippen molar-refractivity contribution in [3.8, 4) is 0 Å². The van der Waals surface area contributed by atoms with Crippen LogP contribution >= 0.6 is 0 Å². The van der Waals surface area contributed by atoms with Crippen molar-refractivity contribution in [3.63, 3.8) is 0 Å². The van der Waals surface area contributed by atoms with E-state index in [1.165, 1.54) is 9.13 Å². The van der Waals surface area contributed by atoms with E-state index in [0.717, 1.165) is 19.3 Å². The lowest BCUT2D eigenvalue weighted by atomic mass is 9.80. The summed E-state index contributed by atoms with van der Waals surface area (Å²) in [6, 6.07) is -0.0267. The number of aromatic nitrogens is 3. The topological polar surface area (TPSA) is 60.1 Å². The van der Waals surface area contributed by atoms with Crippen molar-refractivity contribution < 1.29 is 0 Å². The van der Waals surface area contributed by atoms with E-state index in [1.807, 2.05) is 0 Å². The fourth-order valence-electron chi connectivity index (χ4n) is 3.26. The minimum absolute atomic E-state index is 0.0267. The molecule has 0 amide bonds. The Kier molecular flexibility index (Phi) is 4.01. The minimum atomic E-state index is -0.428. The molecule has 20 heavy (non-hydrogen) atoms. The van der Waals surface area contributed by atoms with Gasteiger partial charge in [-0.05, 0) is 31.1 Å². The monoisotopic (exact) mass is 280 g/mol. The van der Waals surface area contributed by atoms with Crippen molar-refractivity contribution in [2.45, 2.75) is 39.2 Å². The molecule has 112 valence electrons. The standard InChI is InChI=1S/C14H24N4O2/c1-9-6-7-11(10(2)8-9)18-13(19)15-12(16(3)4)17(5)14(18)20/h9-11H,6-8H2,1-5H3. The van der Waals surface area contributed by atoms with Crippen molar-refractivity contribution >= 4 is 5.95 Å². The number of hydrogen-bond acceptors (Lipinski definition) is 4. The summed E-state index contributed by atoms with van der Waals surface area (Å²) in [6.45, 7) is 4.34. The van der Waals surface area contributed by atoms with E-state index < -0.39 is 5.69 Å². The highest BCUT2D eigenvalue weighted by Gasteiger charge is 2.29. The van der Waals surface area contributed by atoms with Gasteiger partial charge in [0.25, 0.3) is 0 Å². The summed E-state index contributed by atoms with van der Waals surface area (Å²) in [4.78, 5) is 30.5. The molecule has 1 aromatic rings. The lowest BCUT2D eigenvalue weighted by Crippen LogP contribution is -2.47. The van der Waals surface area contributed by atoms with Gasteiger partial charge in [0, 0.05) is 27.2 Å². The minimum Gasteiger partial charge on any atom is -0.348 e. The number of hydrogen-bond donors (Lipinski definition) is 0. The van der Waals surface area contributed by atoms with Crippen LogP contribution in [0.25, 0.3) is 0 Å². The third kappa shape index (κ3) is 2.51. The van der Waals surface area contributed by atoms with Gasteiger partial charge in [-0.25, -0.2) is 14.2 Å². The Labute approximate surface area is 119 Å². The maximum atomic E-state index is 12.5. The summed E-state index contributed by atoms with van der Waals surface area (Å²) in [6.07, 6.45) is 2.98. The molecular weight excluding hydrogens is 256 g/mol. The molecule has 3 unspecified atom stereocenters. The molecule has 1 heterocycles. The van der Waals surface area contributed by atoms with Crippen LogP contribution in [0.4, 0.5) is 5.95 Å². The molecule has 1 aliphatic carbocycles. The van der Waals surface area contributed by atoms with Gasteiger partial charge in [-0.3, -0.25) is 4.57 Å². The predicted octanol–water partition coefficient (Wildman–Crippen LogP) is 1.01. The van der Waals surface area contributed by atoms with E-state index >= 15 is 0 Å². The second kappa shape index (κ2) is 5.42. The van der Waals surface area contributed by atoms with Crippen LogP contribution in [0, 0.1) is 11.8 Å². The lowest BCUT2D eigenvalue weighted by molar-refractivity contribution is 0.195. The first-order valence-electron chi connectivity index (χ1n) is 7.19. The summed E-state index contributed by atoms with van der Waals surface area (Å²) in [5.74, 6) is 1.39. The van der Waals surface area contributed by atoms with Gasteiger partial charge in [-0.2, -0.15) is 4.98 Å². The van der Waals surface area contributed by atoms with Crippen molar-refractivity contribution in [2.75, 3.05) is 19.0 Å². The molecule has 1 aromatic heterocycles. The van der Waals surface area contributed by atoms with E-state index in [2.05, 4.69) is 18.8 Å². The van der Waals surface area contributed by atoms with E-state index in [-0.39, 0.29) is 11.7 Å². The zero-order valence-electron chi connectivity index (χ0n) is 13.0. The average Bonchev–Trinajstić information content (AvgIpc) is 2.36. The third-order valence-corrected chi connectivity index (χ3v) is 4.31. The molecule has 1 saturated carbocycles. The van der Waals surface area contributed by atoms with E-state index in [9.17, 15) is 9.59 Å². The summed E-state index contributed by atoms with van der Waals surface area (Å²) in [5, 5.41) is 0. The van der Waals surface area contributed by atoms with Gasteiger partial charge in [0.15, 0.2) is 0 Å². The van der Waals surface area contributed by atoms with Crippen molar-refractivity contribution in [2.24, 2.45) is 18.9 Å². The van der Waals surface area contributed by atoms with Crippen LogP contribution in [0.5, 0.6) is 0 Å². The van der Waals surface area contributed by atoms with E-state index in [0.29, 0.717) is 17.8 Å². The molecule has 1 aliphatic rings. The molecule has 6 nitrogen and oxygen atoms in total. The first-order valence-corrected chi connectivity index (χ1v) is 7.19.